The van der Waals surface area contributed by atoms with Crippen LogP contribution in [0.3, 0.4) is 0 Å². The van der Waals surface area contributed by atoms with Gasteiger partial charge < -0.3 is 10.5 Å². The molecule has 2 N–H and O–H groups in total. The first-order chi connectivity index (χ1) is 7.65. The summed E-state index contributed by atoms with van der Waals surface area (Å²) in [5.74, 6) is 0.181. The largest absolute Gasteiger partial charge is 0.491 e. The van der Waals surface area contributed by atoms with E-state index in [9.17, 15) is 4.39 Å². The number of anilines is 1. The van der Waals surface area contributed by atoms with Crippen LogP contribution in [0.25, 0.3) is 0 Å². The van der Waals surface area contributed by atoms with Gasteiger partial charge in [-0.2, -0.15) is 0 Å². The van der Waals surface area contributed by atoms with Gasteiger partial charge in [-0.1, -0.05) is 26.2 Å². The van der Waals surface area contributed by atoms with E-state index in [1.54, 1.807) is 6.07 Å². The summed E-state index contributed by atoms with van der Waals surface area (Å²) in [7, 11) is 0. The average molecular weight is 290 g/mol. The third-order valence-electron chi connectivity index (χ3n) is 2.31. The molecule has 1 rings (SSSR count). The van der Waals surface area contributed by atoms with E-state index in [1.165, 1.54) is 18.9 Å². The van der Waals surface area contributed by atoms with Gasteiger partial charge >= 0.3 is 0 Å². The van der Waals surface area contributed by atoms with Crippen LogP contribution >= 0.6 is 15.9 Å². The molecular formula is C12H17BrFNO. The van der Waals surface area contributed by atoms with E-state index >= 15 is 0 Å². The van der Waals surface area contributed by atoms with Crippen molar-refractivity contribution in [1.82, 2.24) is 0 Å². The van der Waals surface area contributed by atoms with Crippen LogP contribution in [0, 0.1) is 5.82 Å². The SMILES string of the molecule is CCCCCCOc1cc(Br)c(F)cc1N. The van der Waals surface area contributed by atoms with Gasteiger partial charge in [-0.3, -0.25) is 0 Å². The maximum Gasteiger partial charge on any atom is 0.143 e. The fourth-order valence-corrected chi connectivity index (χ4v) is 1.70. The van der Waals surface area contributed by atoms with Gasteiger partial charge in [-0.25, -0.2) is 4.39 Å². The van der Waals surface area contributed by atoms with Gasteiger partial charge in [-0.15, -0.1) is 0 Å². The monoisotopic (exact) mass is 289 g/mol. The number of halogens is 2. The highest BCUT2D eigenvalue weighted by Gasteiger charge is 2.06. The highest BCUT2D eigenvalue weighted by Crippen LogP contribution is 2.28. The molecule has 0 fully saturated rings. The number of ether oxygens (including phenoxy) is 1. The predicted molar refractivity (Wildman–Crippen MR) is 68.1 cm³/mol. The van der Waals surface area contributed by atoms with Crippen molar-refractivity contribution in [2.75, 3.05) is 12.3 Å². The van der Waals surface area contributed by atoms with E-state index in [4.69, 9.17) is 10.5 Å². The number of rotatable bonds is 6. The summed E-state index contributed by atoms with van der Waals surface area (Å²) in [5, 5.41) is 0. The smallest absolute Gasteiger partial charge is 0.143 e. The Kier molecular flexibility index (Phi) is 5.60. The van der Waals surface area contributed by atoms with Gasteiger partial charge in [-0.05, 0) is 28.4 Å². The maximum absolute atomic E-state index is 13.1. The van der Waals surface area contributed by atoms with Crippen LogP contribution in [0.1, 0.15) is 32.6 Å². The first-order valence-electron chi connectivity index (χ1n) is 5.52. The van der Waals surface area contributed by atoms with E-state index < -0.39 is 0 Å². The summed E-state index contributed by atoms with van der Waals surface area (Å²) in [4.78, 5) is 0. The Morgan fingerprint density at radius 2 is 2.06 bits per heavy atom. The Hall–Kier alpha value is -0.770. The second-order valence-electron chi connectivity index (χ2n) is 3.71. The molecule has 0 heterocycles. The van der Waals surface area contributed by atoms with Crippen molar-refractivity contribution in [2.24, 2.45) is 0 Å². The van der Waals surface area contributed by atoms with E-state index in [0.717, 1.165) is 12.8 Å². The van der Waals surface area contributed by atoms with Crippen LogP contribution in [-0.4, -0.2) is 6.61 Å². The Balaban J connectivity index is 2.45. The van der Waals surface area contributed by atoms with Gasteiger partial charge in [0.2, 0.25) is 0 Å². The van der Waals surface area contributed by atoms with Crippen molar-refractivity contribution >= 4 is 21.6 Å². The van der Waals surface area contributed by atoms with Crippen molar-refractivity contribution in [2.45, 2.75) is 32.6 Å². The second kappa shape index (κ2) is 6.74. The normalized spacial score (nSPS) is 10.4. The molecule has 16 heavy (non-hydrogen) atoms. The zero-order chi connectivity index (χ0) is 12.0. The summed E-state index contributed by atoms with van der Waals surface area (Å²) in [5.41, 5.74) is 5.99. The summed E-state index contributed by atoms with van der Waals surface area (Å²) in [6, 6.07) is 2.84. The molecule has 0 aliphatic heterocycles. The minimum atomic E-state index is -0.365. The molecule has 0 bridgehead atoms. The Morgan fingerprint density at radius 3 is 2.75 bits per heavy atom. The lowest BCUT2D eigenvalue weighted by molar-refractivity contribution is 0.306. The number of nitrogen functional groups attached to an aromatic ring is 1. The lowest BCUT2D eigenvalue weighted by Gasteiger charge is -2.09. The molecular weight excluding hydrogens is 273 g/mol. The number of hydrogen-bond donors (Lipinski definition) is 1. The predicted octanol–water partition coefficient (Wildman–Crippen LogP) is 4.13. The van der Waals surface area contributed by atoms with Gasteiger partial charge in [0, 0.05) is 6.07 Å². The van der Waals surface area contributed by atoms with Gasteiger partial charge in [0.25, 0.3) is 0 Å². The minimum absolute atomic E-state index is 0.344. The summed E-state index contributed by atoms with van der Waals surface area (Å²) >= 11 is 3.10. The zero-order valence-electron chi connectivity index (χ0n) is 9.43. The van der Waals surface area contributed by atoms with Crippen molar-refractivity contribution < 1.29 is 9.13 Å². The lowest BCUT2D eigenvalue weighted by atomic mass is 10.2. The van der Waals surface area contributed by atoms with Gasteiger partial charge in [0.15, 0.2) is 0 Å². The third-order valence-corrected chi connectivity index (χ3v) is 2.92. The van der Waals surface area contributed by atoms with E-state index in [0.29, 0.717) is 22.5 Å². The van der Waals surface area contributed by atoms with Crippen molar-refractivity contribution in [3.05, 3.63) is 22.4 Å². The molecule has 4 heteroatoms. The van der Waals surface area contributed by atoms with Crippen LogP contribution in [-0.2, 0) is 0 Å². The number of benzene rings is 1. The zero-order valence-corrected chi connectivity index (χ0v) is 11.0. The van der Waals surface area contributed by atoms with Crippen molar-refractivity contribution in [3.8, 4) is 5.75 Å². The van der Waals surface area contributed by atoms with Crippen LogP contribution in [0.2, 0.25) is 0 Å². The van der Waals surface area contributed by atoms with Crippen LogP contribution in [0.15, 0.2) is 16.6 Å². The minimum Gasteiger partial charge on any atom is -0.491 e. The summed E-state index contributed by atoms with van der Waals surface area (Å²) < 4.78 is 18.9. The average Bonchev–Trinajstić information content (AvgIpc) is 2.25. The molecule has 1 aromatic rings. The molecule has 90 valence electrons. The molecule has 1 aromatic carbocycles. The number of nitrogens with two attached hydrogens (primary N) is 1. The van der Waals surface area contributed by atoms with E-state index in [2.05, 4.69) is 22.9 Å². The molecule has 0 aliphatic rings. The van der Waals surface area contributed by atoms with Crippen LogP contribution in [0.5, 0.6) is 5.75 Å². The first kappa shape index (κ1) is 13.3. The standard InChI is InChI=1S/C12H17BrFNO/c1-2-3-4-5-6-16-12-7-9(13)10(14)8-11(12)15/h7-8H,2-6,15H2,1H3. The number of hydrogen-bond acceptors (Lipinski definition) is 2. The fraction of sp³-hybridized carbons (Fsp3) is 0.500. The Bertz CT molecular complexity index is 344. The lowest BCUT2D eigenvalue weighted by Crippen LogP contribution is -2.01. The van der Waals surface area contributed by atoms with E-state index in [1.807, 2.05) is 0 Å². The third kappa shape index (κ3) is 4.00. The molecule has 0 radical (unpaired) electrons. The Labute approximate surface area is 104 Å². The quantitative estimate of drug-likeness (QED) is 0.631. The maximum atomic E-state index is 13.1. The van der Waals surface area contributed by atoms with E-state index in [-0.39, 0.29) is 5.82 Å². The molecule has 0 saturated carbocycles. The molecule has 0 aliphatic carbocycles. The van der Waals surface area contributed by atoms with Crippen molar-refractivity contribution in [1.29, 1.82) is 0 Å². The molecule has 0 saturated heterocycles. The van der Waals surface area contributed by atoms with Gasteiger partial charge in [0.05, 0.1) is 16.8 Å². The molecule has 0 unspecified atom stereocenters. The highest BCUT2D eigenvalue weighted by molar-refractivity contribution is 9.10. The fourth-order valence-electron chi connectivity index (χ4n) is 1.38. The summed E-state index contributed by atoms with van der Waals surface area (Å²) in [6.45, 7) is 2.79. The van der Waals surface area contributed by atoms with Crippen LogP contribution < -0.4 is 10.5 Å². The number of unbranched alkanes of at least 4 members (excludes halogenated alkanes) is 3. The Morgan fingerprint density at radius 1 is 1.31 bits per heavy atom. The molecule has 2 nitrogen and oxygen atoms in total. The van der Waals surface area contributed by atoms with Crippen molar-refractivity contribution in [3.63, 3.8) is 0 Å². The molecule has 0 amide bonds. The molecule has 0 spiro atoms. The molecule has 0 aromatic heterocycles. The van der Waals surface area contributed by atoms with Gasteiger partial charge in [0.1, 0.15) is 11.6 Å². The van der Waals surface area contributed by atoms with Crippen LogP contribution in [0.4, 0.5) is 10.1 Å². The summed E-state index contributed by atoms with van der Waals surface area (Å²) in [6.07, 6.45) is 4.57. The molecule has 0 atom stereocenters. The first-order valence-corrected chi connectivity index (χ1v) is 6.31. The topological polar surface area (TPSA) is 35.2 Å². The highest BCUT2D eigenvalue weighted by atomic mass is 79.9. The second-order valence-corrected chi connectivity index (χ2v) is 4.57.